The Balaban J connectivity index is 1.85. The van der Waals surface area contributed by atoms with Crippen LogP contribution in [0.5, 0.6) is 0 Å². The molecule has 2 N–H and O–H groups in total. The summed E-state index contributed by atoms with van der Waals surface area (Å²) in [5, 5.41) is 2.48. The van der Waals surface area contributed by atoms with E-state index < -0.39 is 15.3 Å². The van der Waals surface area contributed by atoms with Crippen molar-refractivity contribution in [1.82, 2.24) is 4.72 Å². The van der Waals surface area contributed by atoms with Gasteiger partial charge in [-0.05, 0) is 70.2 Å². The molecule has 7 heteroatoms. The van der Waals surface area contributed by atoms with Crippen LogP contribution in [-0.4, -0.2) is 31.4 Å². The Kier molecular flexibility index (Phi) is 6.94. The maximum absolute atomic E-state index is 12.4. The summed E-state index contributed by atoms with van der Waals surface area (Å²) in [5.41, 5.74) is 1.27. The number of anilines is 1. The highest BCUT2D eigenvalue weighted by molar-refractivity contribution is 7.90. The molecule has 6 nitrogen and oxygen atoms in total. The molecule has 1 amide bonds. The molecule has 1 aliphatic carbocycles. The van der Waals surface area contributed by atoms with E-state index in [4.69, 9.17) is 0 Å². The summed E-state index contributed by atoms with van der Waals surface area (Å²) in [4.78, 5) is 23.7. The number of carbonyl (C=O) groups is 2. The monoisotopic (exact) mass is 380 g/mol. The Morgan fingerprint density at radius 1 is 1.12 bits per heavy atom. The fraction of sp³-hybridized carbons (Fsp3) is 0.579. The summed E-state index contributed by atoms with van der Waals surface area (Å²) >= 11 is 0. The third kappa shape index (κ3) is 5.38. The number of hydrogen-bond donors (Lipinski definition) is 2. The Labute approximate surface area is 155 Å². The Hall–Kier alpha value is -1.73. The second kappa shape index (κ2) is 8.77. The van der Waals surface area contributed by atoms with Crippen LogP contribution in [0.1, 0.15) is 63.2 Å². The largest absolute Gasteiger partial charge is 0.326 e. The van der Waals surface area contributed by atoms with Crippen LogP contribution in [0.3, 0.4) is 0 Å². The molecule has 1 unspecified atom stereocenters. The maximum atomic E-state index is 12.4. The van der Waals surface area contributed by atoms with Gasteiger partial charge in [0.15, 0.2) is 5.78 Å². The van der Waals surface area contributed by atoms with Crippen LogP contribution < -0.4 is 10.0 Å². The van der Waals surface area contributed by atoms with E-state index in [1.54, 1.807) is 31.2 Å². The zero-order valence-electron chi connectivity index (χ0n) is 15.6. The fourth-order valence-electron chi connectivity index (χ4n) is 3.07. The zero-order chi connectivity index (χ0) is 19.3. The lowest BCUT2D eigenvalue weighted by atomic mass is 9.86. The summed E-state index contributed by atoms with van der Waals surface area (Å²) in [6, 6.07) is 6.74. The lowest BCUT2D eigenvalue weighted by molar-refractivity contribution is -0.120. The van der Waals surface area contributed by atoms with Gasteiger partial charge in [0.2, 0.25) is 15.9 Å². The fourth-order valence-corrected chi connectivity index (χ4v) is 4.45. The van der Waals surface area contributed by atoms with E-state index in [1.807, 2.05) is 6.92 Å². The standard InChI is InChI=1S/C19H28N2O4S/c1-4-13(2)26(24,25)21-18-11-7-16(8-12-18)19(23)20-17-9-5-15(6-10-17)14(3)22/h5-6,9-10,13,16,18,21H,4,7-8,11-12H2,1-3H3,(H,20,23). The smallest absolute Gasteiger partial charge is 0.227 e. The van der Waals surface area contributed by atoms with E-state index in [1.165, 1.54) is 6.92 Å². The first-order valence-electron chi connectivity index (χ1n) is 9.16. The molecule has 1 aromatic carbocycles. The third-order valence-electron chi connectivity index (χ3n) is 5.09. The van der Waals surface area contributed by atoms with Crippen molar-refractivity contribution in [3.05, 3.63) is 29.8 Å². The van der Waals surface area contributed by atoms with E-state index in [2.05, 4.69) is 10.0 Å². The highest BCUT2D eigenvalue weighted by Gasteiger charge is 2.30. The van der Waals surface area contributed by atoms with Gasteiger partial charge in [0, 0.05) is 23.2 Å². The first-order valence-corrected chi connectivity index (χ1v) is 10.7. The molecule has 1 aromatic rings. The van der Waals surface area contributed by atoms with E-state index in [0.717, 1.165) is 0 Å². The van der Waals surface area contributed by atoms with Crippen molar-refractivity contribution in [3.63, 3.8) is 0 Å². The van der Waals surface area contributed by atoms with Crippen molar-refractivity contribution in [2.75, 3.05) is 5.32 Å². The van der Waals surface area contributed by atoms with E-state index in [9.17, 15) is 18.0 Å². The van der Waals surface area contributed by atoms with Gasteiger partial charge in [-0.3, -0.25) is 9.59 Å². The van der Waals surface area contributed by atoms with Gasteiger partial charge < -0.3 is 5.32 Å². The predicted molar refractivity (Wildman–Crippen MR) is 103 cm³/mol. The highest BCUT2D eigenvalue weighted by Crippen LogP contribution is 2.26. The first-order chi connectivity index (χ1) is 12.2. The van der Waals surface area contributed by atoms with Gasteiger partial charge in [0.25, 0.3) is 0 Å². The van der Waals surface area contributed by atoms with Crippen LogP contribution in [0.25, 0.3) is 0 Å². The molecule has 1 fully saturated rings. The molecular weight excluding hydrogens is 352 g/mol. The number of ketones is 1. The molecule has 0 heterocycles. The molecule has 2 rings (SSSR count). The number of rotatable bonds is 7. The van der Waals surface area contributed by atoms with Crippen molar-refractivity contribution in [2.24, 2.45) is 5.92 Å². The van der Waals surface area contributed by atoms with Crippen molar-refractivity contribution < 1.29 is 18.0 Å². The lowest BCUT2D eigenvalue weighted by Gasteiger charge is -2.29. The van der Waals surface area contributed by atoms with Gasteiger partial charge in [0.05, 0.1) is 5.25 Å². The molecule has 1 aliphatic rings. The van der Waals surface area contributed by atoms with Gasteiger partial charge in [-0.2, -0.15) is 0 Å². The molecule has 1 saturated carbocycles. The summed E-state index contributed by atoms with van der Waals surface area (Å²) in [5.74, 6) is -0.184. The summed E-state index contributed by atoms with van der Waals surface area (Å²) in [6.07, 6.45) is 3.22. The summed E-state index contributed by atoms with van der Waals surface area (Å²) < 4.78 is 27.1. The predicted octanol–water partition coefficient (Wildman–Crippen LogP) is 3.10. The van der Waals surface area contributed by atoms with Gasteiger partial charge in [-0.15, -0.1) is 0 Å². The second-order valence-corrected chi connectivity index (χ2v) is 9.18. The molecule has 0 saturated heterocycles. The number of nitrogens with one attached hydrogen (secondary N) is 2. The number of Topliss-reactive ketones (excluding diaryl/α,β-unsaturated/α-hetero) is 1. The van der Waals surface area contributed by atoms with Crippen LogP contribution in [-0.2, 0) is 14.8 Å². The normalized spacial score (nSPS) is 21.8. The molecular formula is C19H28N2O4S. The van der Waals surface area contributed by atoms with Crippen molar-refractivity contribution in [1.29, 1.82) is 0 Å². The number of carbonyl (C=O) groups excluding carboxylic acids is 2. The van der Waals surface area contributed by atoms with Crippen LogP contribution in [0.2, 0.25) is 0 Å². The quantitative estimate of drug-likeness (QED) is 0.711. The number of amides is 1. The van der Waals surface area contributed by atoms with Crippen LogP contribution in [0.15, 0.2) is 24.3 Å². The minimum absolute atomic E-state index is 0.0129. The van der Waals surface area contributed by atoms with Gasteiger partial charge in [-0.1, -0.05) is 6.92 Å². The average molecular weight is 381 g/mol. The topological polar surface area (TPSA) is 92.3 Å². The number of benzene rings is 1. The highest BCUT2D eigenvalue weighted by atomic mass is 32.2. The van der Waals surface area contributed by atoms with Crippen molar-refractivity contribution >= 4 is 27.4 Å². The molecule has 144 valence electrons. The van der Waals surface area contributed by atoms with E-state index in [0.29, 0.717) is 43.4 Å². The Morgan fingerprint density at radius 3 is 2.19 bits per heavy atom. The van der Waals surface area contributed by atoms with Crippen LogP contribution >= 0.6 is 0 Å². The van der Waals surface area contributed by atoms with Crippen molar-refractivity contribution in [2.45, 2.75) is 64.2 Å². The SMILES string of the molecule is CCC(C)S(=O)(=O)NC1CCC(C(=O)Nc2ccc(C(C)=O)cc2)CC1. The molecule has 0 spiro atoms. The van der Waals surface area contributed by atoms with E-state index >= 15 is 0 Å². The minimum atomic E-state index is -3.29. The Morgan fingerprint density at radius 2 is 1.69 bits per heavy atom. The first kappa shape index (κ1) is 20.6. The zero-order valence-corrected chi connectivity index (χ0v) is 16.4. The van der Waals surface area contributed by atoms with Gasteiger partial charge in [-0.25, -0.2) is 13.1 Å². The van der Waals surface area contributed by atoms with Crippen LogP contribution in [0.4, 0.5) is 5.69 Å². The molecule has 26 heavy (non-hydrogen) atoms. The maximum Gasteiger partial charge on any atom is 0.227 e. The van der Waals surface area contributed by atoms with Gasteiger partial charge >= 0.3 is 0 Å². The van der Waals surface area contributed by atoms with Crippen LogP contribution in [0, 0.1) is 5.92 Å². The summed E-state index contributed by atoms with van der Waals surface area (Å²) in [6.45, 7) is 5.06. The molecule has 0 bridgehead atoms. The summed E-state index contributed by atoms with van der Waals surface area (Å²) in [7, 11) is -3.29. The van der Waals surface area contributed by atoms with Crippen molar-refractivity contribution in [3.8, 4) is 0 Å². The molecule has 0 aromatic heterocycles. The second-order valence-electron chi connectivity index (χ2n) is 7.05. The number of hydrogen-bond acceptors (Lipinski definition) is 4. The molecule has 0 radical (unpaired) electrons. The van der Waals surface area contributed by atoms with Gasteiger partial charge in [0.1, 0.15) is 0 Å². The number of sulfonamides is 1. The Bertz CT molecular complexity index is 735. The average Bonchev–Trinajstić information content (AvgIpc) is 2.61. The van der Waals surface area contributed by atoms with E-state index in [-0.39, 0.29) is 23.7 Å². The lowest BCUT2D eigenvalue weighted by Crippen LogP contribution is -2.42. The minimum Gasteiger partial charge on any atom is -0.326 e. The third-order valence-corrected chi connectivity index (χ3v) is 7.15. The molecule has 0 aliphatic heterocycles. The molecule has 1 atom stereocenters.